The molecule has 2 N–H and O–H groups in total. The molecule has 1 heterocycles. The van der Waals surface area contributed by atoms with E-state index >= 15 is 0 Å². The highest BCUT2D eigenvalue weighted by Gasteiger charge is 2.18. The Kier molecular flexibility index (Phi) is 5.49. The van der Waals surface area contributed by atoms with E-state index in [0.717, 1.165) is 24.9 Å². The minimum atomic E-state index is 0.816. The predicted octanol–water partition coefficient (Wildman–Crippen LogP) is 2.09. The number of piperidine rings is 1. The molecule has 0 aromatic rings. The number of hydrogen-bond donors (Lipinski definition) is 1. The van der Waals surface area contributed by atoms with Gasteiger partial charge in [-0.15, -0.1) is 0 Å². The summed E-state index contributed by atoms with van der Waals surface area (Å²) in [6.45, 7) is 9.11. The van der Waals surface area contributed by atoms with Gasteiger partial charge >= 0.3 is 0 Å². The van der Waals surface area contributed by atoms with Gasteiger partial charge in [0.25, 0.3) is 0 Å². The second-order valence-corrected chi connectivity index (χ2v) is 5.04. The van der Waals surface area contributed by atoms with Crippen molar-refractivity contribution in [2.24, 2.45) is 17.6 Å². The Morgan fingerprint density at radius 1 is 1.29 bits per heavy atom. The van der Waals surface area contributed by atoms with Crippen LogP contribution in [0.5, 0.6) is 0 Å². The van der Waals surface area contributed by atoms with Crippen LogP contribution in [0.2, 0.25) is 0 Å². The molecule has 1 aliphatic heterocycles. The molecular weight excluding hydrogens is 172 g/mol. The van der Waals surface area contributed by atoms with Crippen LogP contribution in [0.1, 0.15) is 39.5 Å². The summed E-state index contributed by atoms with van der Waals surface area (Å²) >= 11 is 0. The molecule has 0 bridgehead atoms. The van der Waals surface area contributed by atoms with Gasteiger partial charge < -0.3 is 10.6 Å². The van der Waals surface area contributed by atoms with Crippen LogP contribution < -0.4 is 5.73 Å². The van der Waals surface area contributed by atoms with Gasteiger partial charge in [-0.1, -0.05) is 26.7 Å². The number of rotatable bonds is 5. The Morgan fingerprint density at radius 2 is 1.93 bits per heavy atom. The summed E-state index contributed by atoms with van der Waals surface area (Å²) in [6, 6.07) is 0. The van der Waals surface area contributed by atoms with E-state index in [1.807, 2.05) is 0 Å². The first-order valence-electron chi connectivity index (χ1n) is 6.14. The lowest BCUT2D eigenvalue weighted by molar-refractivity contribution is 0.179. The second kappa shape index (κ2) is 6.41. The second-order valence-electron chi connectivity index (χ2n) is 5.04. The molecule has 1 fully saturated rings. The van der Waals surface area contributed by atoms with Crippen LogP contribution in [0, 0.1) is 11.8 Å². The lowest BCUT2D eigenvalue weighted by Gasteiger charge is -2.31. The Hall–Kier alpha value is -0.0800. The van der Waals surface area contributed by atoms with Crippen LogP contribution in [0.15, 0.2) is 0 Å². The average molecular weight is 198 g/mol. The summed E-state index contributed by atoms with van der Waals surface area (Å²) in [5.74, 6) is 1.86. The zero-order valence-electron chi connectivity index (χ0n) is 9.84. The Bertz CT molecular complexity index is 137. The van der Waals surface area contributed by atoms with E-state index in [0.29, 0.717) is 0 Å². The number of likely N-dealkylation sites (tertiary alicyclic amines) is 1. The molecule has 0 saturated carbocycles. The van der Waals surface area contributed by atoms with E-state index < -0.39 is 0 Å². The summed E-state index contributed by atoms with van der Waals surface area (Å²) in [7, 11) is 0. The monoisotopic (exact) mass is 198 g/mol. The topological polar surface area (TPSA) is 29.3 Å². The van der Waals surface area contributed by atoms with Gasteiger partial charge in [-0.25, -0.2) is 0 Å². The van der Waals surface area contributed by atoms with Crippen LogP contribution in [0.3, 0.4) is 0 Å². The molecule has 0 atom stereocenters. The maximum atomic E-state index is 5.55. The first-order valence-corrected chi connectivity index (χ1v) is 6.14. The summed E-state index contributed by atoms with van der Waals surface area (Å²) in [5.41, 5.74) is 5.55. The van der Waals surface area contributed by atoms with Crippen LogP contribution in [-0.4, -0.2) is 31.1 Å². The van der Waals surface area contributed by atoms with Crippen molar-refractivity contribution in [3.63, 3.8) is 0 Å². The van der Waals surface area contributed by atoms with Gasteiger partial charge in [-0.2, -0.15) is 0 Å². The van der Waals surface area contributed by atoms with E-state index in [9.17, 15) is 0 Å². The van der Waals surface area contributed by atoms with Gasteiger partial charge in [-0.05, 0) is 37.8 Å². The van der Waals surface area contributed by atoms with Gasteiger partial charge in [0.15, 0.2) is 0 Å². The number of nitrogens with two attached hydrogens (primary N) is 1. The third-order valence-corrected chi connectivity index (χ3v) is 3.30. The maximum absolute atomic E-state index is 5.55. The standard InChI is InChI=1S/C12H26N2/c1-11(2)3-4-12-5-8-14(9-6-12)10-7-13/h11-12H,3-10,13H2,1-2H3. The molecule has 0 aromatic carbocycles. The molecule has 1 rings (SSSR count). The van der Waals surface area contributed by atoms with Crippen LogP contribution in [-0.2, 0) is 0 Å². The molecule has 84 valence electrons. The fourth-order valence-electron chi connectivity index (χ4n) is 2.25. The van der Waals surface area contributed by atoms with Gasteiger partial charge in [0, 0.05) is 13.1 Å². The third-order valence-electron chi connectivity index (χ3n) is 3.30. The molecule has 1 aliphatic rings. The normalized spacial score (nSPS) is 20.6. The molecule has 0 radical (unpaired) electrons. The van der Waals surface area contributed by atoms with Crippen molar-refractivity contribution >= 4 is 0 Å². The Morgan fingerprint density at radius 3 is 2.43 bits per heavy atom. The molecule has 0 aromatic heterocycles. The first-order chi connectivity index (χ1) is 6.72. The fourth-order valence-corrected chi connectivity index (χ4v) is 2.25. The van der Waals surface area contributed by atoms with Crippen LogP contribution in [0.25, 0.3) is 0 Å². The van der Waals surface area contributed by atoms with Gasteiger partial charge in [0.05, 0.1) is 0 Å². The van der Waals surface area contributed by atoms with E-state index in [1.165, 1.54) is 38.8 Å². The molecule has 0 unspecified atom stereocenters. The van der Waals surface area contributed by atoms with E-state index in [-0.39, 0.29) is 0 Å². The lowest BCUT2D eigenvalue weighted by Crippen LogP contribution is -2.37. The van der Waals surface area contributed by atoms with E-state index in [1.54, 1.807) is 0 Å². The lowest BCUT2D eigenvalue weighted by atomic mass is 9.90. The van der Waals surface area contributed by atoms with Crippen molar-refractivity contribution in [3.8, 4) is 0 Å². The zero-order chi connectivity index (χ0) is 10.4. The Balaban J connectivity index is 2.09. The smallest absolute Gasteiger partial charge is 0.0105 e. The first kappa shape index (κ1) is 12.0. The fraction of sp³-hybridized carbons (Fsp3) is 1.00. The molecule has 14 heavy (non-hydrogen) atoms. The quantitative estimate of drug-likeness (QED) is 0.733. The maximum Gasteiger partial charge on any atom is 0.0105 e. The van der Waals surface area contributed by atoms with E-state index in [2.05, 4.69) is 18.7 Å². The largest absolute Gasteiger partial charge is 0.329 e. The minimum absolute atomic E-state index is 0.816. The van der Waals surface area contributed by atoms with Crippen molar-refractivity contribution < 1.29 is 0 Å². The van der Waals surface area contributed by atoms with Gasteiger partial charge in [0.1, 0.15) is 0 Å². The van der Waals surface area contributed by atoms with Gasteiger partial charge in [-0.3, -0.25) is 0 Å². The summed E-state index contributed by atoms with van der Waals surface area (Å²) < 4.78 is 0. The molecule has 0 aliphatic carbocycles. The molecular formula is C12H26N2. The van der Waals surface area contributed by atoms with Crippen LogP contribution >= 0.6 is 0 Å². The third kappa shape index (κ3) is 4.43. The van der Waals surface area contributed by atoms with Crippen molar-refractivity contribution in [3.05, 3.63) is 0 Å². The van der Waals surface area contributed by atoms with E-state index in [4.69, 9.17) is 5.73 Å². The van der Waals surface area contributed by atoms with Crippen molar-refractivity contribution in [2.45, 2.75) is 39.5 Å². The minimum Gasteiger partial charge on any atom is -0.329 e. The van der Waals surface area contributed by atoms with Crippen LogP contribution in [0.4, 0.5) is 0 Å². The van der Waals surface area contributed by atoms with Crippen molar-refractivity contribution in [2.75, 3.05) is 26.2 Å². The molecule has 2 nitrogen and oxygen atoms in total. The molecule has 0 spiro atoms. The van der Waals surface area contributed by atoms with Crippen molar-refractivity contribution in [1.82, 2.24) is 4.90 Å². The van der Waals surface area contributed by atoms with Gasteiger partial charge in [0.2, 0.25) is 0 Å². The predicted molar refractivity (Wildman–Crippen MR) is 62.3 cm³/mol. The Labute approximate surface area is 88.8 Å². The zero-order valence-corrected chi connectivity index (χ0v) is 9.84. The highest BCUT2D eigenvalue weighted by atomic mass is 15.1. The SMILES string of the molecule is CC(C)CCC1CCN(CCN)CC1. The highest BCUT2D eigenvalue weighted by Crippen LogP contribution is 2.23. The summed E-state index contributed by atoms with van der Waals surface area (Å²) in [6.07, 6.45) is 5.63. The molecule has 0 amide bonds. The number of hydrogen-bond acceptors (Lipinski definition) is 2. The summed E-state index contributed by atoms with van der Waals surface area (Å²) in [4.78, 5) is 2.51. The molecule has 2 heteroatoms. The molecule has 1 saturated heterocycles. The number of nitrogens with zero attached hydrogens (tertiary/aromatic N) is 1. The summed E-state index contributed by atoms with van der Waals surface area (Å²) in [5, 5.41) is 0. The average Bonchev–Trinajstić information content (AvgIpc) is 2.17. The highest BCUT2D eigenvalue weighted by molar-refractivity contribution is 4.72. The van der Waals surface area contributed by atoms with Crippen molar-refractivity contribution in [1.29, 1.82) is 0 Å².